The number of piperazine rings is 1. The first-order valence-electron chi connectivity index (χ1n) is 5.57. The zero-order chi connectivity index (χ0) is 12.6. The third-order valence-electron chi connectivity index (χ3n) is 2.98. The molecule has 0 saturated carbocycles. The first kappa shape index (κ1) is 11.7. The summed E-state index contributed by atoms with van der Waals surface area (Å²) < 4.78 is 5.21. The van der Waals surface area contributed by atoms with Crippen LogP contribution in [0.1, 0.15) is 26.5 Å². The zero-order valence-corrected chi connectivity index (χ0v) is 10.2. The number of nitrogens with zero attached hydrogens (tertiary/aromatic N) is 1. The predicted molar refractivity (Wildman–Crippen MR) is 60.9 cm³/mol. The molecule has 1 N–H and O–H groups in total. The van der Waals surface area contributed by atoms with Gasteiger partial charge in [0.05, 0.1) is 12.8 Å². The van der Waals surface area contributed by atoms with E-state index in [0.29, 0.717) is 12.3 Å². The van der Waals surface area contributed by atoms with E-state index in [9.17, 15) is 9.59 Å². The smallest absolute Gasteiger partial charge is 0.248 e. The Labute approximate surface area is 99.8 Å². The van der Waals surface area contributed by atoms with Crippen LogP contribution in [0.25, 0.3) is 0 Å². The van der Waals surface area contributed by atoms with Gasteiger partial charge in [0.1, 0.15) is 17.3 Å². The minimum absolute atomic E-state index is 0.0963. The maximum absolute atomic E-state index is 12.2. The SMILES string of the molecule is CC1C(=O)NC(C)(C)C(=O)N1Cc1ccco1. The van der Waals surface area contributed by atoms with E-state index in [-0.39, 0.29) is 11.8 Å². The molecule has 1 fully saturated rings. The first-order valence-corrected chi connectivity index (χ1v) is 5.57. The van der Waals surface area contributed by atoms with E-state index in [1.54, 1.807) is 39.2 Å². The van der Waals surface area contributed by atoms with Gasteiger partial charge in [0, 0.05) is 0 Å². The van der Waals surface area contributed by atoms with Gasteiger partial charge < -0.3 is 14.6 Å². The Morgan fingerprint density at radius 3 is 2.76 bits per heavy atom. The van der Waals surface area contributed by atoms with Crippen molar-refractivity contribution >= 4 is 11.8 Å². The van der Waals surface area contributed by atoms with E-state index in [1.807, 2.05) is 0 Å². The van der Waals surface area contributed by atoms with Gasteiger partial charge >= 0.3 is 0 Å². The van der Waals surface area contributed by atoms with Crippen molar-refractivity contribution in [2.24, 2.45) is 0 Å². The molecule has 1 aromatic rings. The van der Waals surface area contributed by atoms with Gasteiger partial charge in [-0.05, 0) is 32.9 Å². The van der Waals surface area contributed by atoms with E-state index in [4.69, 9.17) is 4.42 Å². The van der Waals surface area contributed by atoms with Crippen LogP contribution < -0.4 is 5.32 Å². The van der Waals surface area contributed by atoms with Crippen LogP contribution in [0.5, 0.6) is 0 Å². The topological polar surface area (TPSA) is 62.6 Å². The molecule has 0 radical (unpaired) electrons. The highest BCUT2D eigenvalue weighted by Crippen LogP contribution is 2.20. The third kappa shape index (κ3) is 2.05. The minimum Gasteiger partial charge on any atom is -0.467 e. The van der Waals surface area contributed by atoms with E-state index in [2.05, 4.69) is 5.32 Å². The Bertz CT molecular complexity index is 437. The number of rotatable bonds is 2. The van der Waals surface area contributed by atoms with Gasteiger partial charge in [-0.25, -0.2) is 0 Å². The van der Waals surface area contributed by atoms with E-state index in [0.717, 1.165) is 0 Å². The standard InChI is InChI=1S/C12H16N2O3/c1-8-10(15)13-12(2,3)11(16)14(8)7-9-5-4-6-17-9/h4-6,8H,7H2,1-3H3,(H,13,15). The van der Waals surface area contributed by atoms with E-state index < -0.39 is 11.6 Å². The summed E-state index contributed by atoms with van der Waals surface area (Å²) in [4.78, 5) is 25.5. The molecule has 0 bridgehead atoms. The van der Waals surface area contributed by atoms with Crippen LogP contribution in [0.15, 0.2) is 22.8 Å². The van der Waals surface area contributed by atoms with Gasteiger partial charge in [-0.15, -0.1) is 0 Å². The monoisotopic (exact) mass is 236 g/mol. The van der Waals surface area contributed by atoms with Crippen molar-refractivity contribution < 1.29 is 14.0 Å². The third-order valence-corrected chi connectivity index (χ3v) is 2.98. The summed E-state index contributed by atoms with van der Waals surface area (Å²) in [5.41, 5.74) is -0.851. The largest absolute Gasteiger partial charge is 0.467 e. The molecule has 0 aromatic carbocycles. The van der Waals surface area contributed by atoms with Crippen LogP contribution in [0.4, 0.5) is 0 Å². The number of carbonyl (C=O) groups excluding carboxylic acids is 2. The summed E-state index contributed by atoms with van der Waals surface area (Å²) >= 11 is 0. The van der Waals surface area contributed by atoms with Gasteiger partial charge in [0.2, 0.25) is 11.8 Å². The average Bonchev–Trinajstić information content (AvgIpc) is 2.74. The molecule has 1 aliphatic rings. The van der Waals surface area contributed by atoms with Crippen LogP contribution >= 0.6 is 0 Å². The lowest BCUT2D eigenvalue weighted by atomic mass is 9.97. The Balaban J connectivity index is 2.23. The molecule has 5 heteroatoms. The summed E-state index contributed by atoms with van der Waals surface area (Å²) in [6.07, 6.45) is 1.56. The lowest BCUT2D eigenvalue weighted by Gasteiger charge is -2.41. The highest BCUT2D eigenvalue weighted by atomic mass is 16.3. The summed E-state index contributed by atoms with van der Waals surface area (Å²) in [5.74, 6) is 0.442. The summed E-state index contributed by atoms with van der Waals surface area (Å²) in [6.45, 7) is 5.44. The molecule has 17 heavy (non-hydrogen) atoms. The lowest BCUT2D eigenvalue weighted by molar-refractivity contribution is -0.153. The van der Waals surface area contributed by atoms with Crippen LogP contribution in [-0.4, -0.2) is 28.3 Å². The maximum atomic E-state index is 12.2. The van der Waals surface area contributed by atoms with Gasteiger partial charge in [-0.2, -0.15) is 0 Å². The Morgan fingerprint density at radius 2 is 2.18 bits per heavy atom. The molecule has 1 aromatic heterocycles. The highest BCUT2D eigenvalue weighted by molar-refractivity contribution is 5.98. The molecular formula is C12H16N2O3. The predicted octanol–water partition coefficient (Wildman–Crippen LogP) is 0.905. The molecule has 2 amide bonds. The second-order valence-corrected chi connectivity index (χ2v) is 4.80. The van der Waals surface area contributed by atoms with Crippen molar-refractivity contribution in [1.82, 2.24) is 10.2 Å². The summed E-state index contributed by atoms with van der Waals surface area (Å²) in [7, 11) is 0. The number of hydrogen-bond donors (Lipinski definition) is 1. The fraction of sp³-hybridized carbons (Fsp3) is 0.500. The van der Waals surface area contributed by atoms with Crippen LogP contribution in [0.2, 0.25) is 0 Å². The van der Waals surface area contributed by atoms with Crippen molar-refractivity contribution in [3.63, 3.8) is 0 Å². The molecule has 1 atom stereocenters. The first-order chi connectivity index (χ1) is 7.92. The number of hydrogen-bond acceptors (Lipinski definition) is 3. The second kappa shape index (κ2) is 3.91. The van der Waals surface area contributed by atoms with Gasteiger partial charge in [-0.1, -0.05) is 0 Å². The molecule has 0 spiro atoms. The number of nitrogens with one attached hydrogen (secondary N) is 1. The molecule has 92 valence electrons. The fourth-order valence-corrected chi connectivity index (χ4v) is 1.92. The molecule has 5 nitrogen and oxygen atoms in total. The highest BCUT2D eigenvalue weighted by Gasteiger charge is 2.43. The van der Waals surface area contributed by atoms with Gasteiger partial charge in [0.15, 0.2) is 0 Å². The van der Waals surface area contributed by atoms with Crippen molar-refractivity contribution in [2.75, 3.05) is 0 Å². The Morgan fingerprint density at radius 1 is 1.47 bits per heavy atom. The van der Waals surface area contributed by atoms with Crippen LogP contribution in [0.3, 0.4) is 0 Å². The molecule has 2 rings (SSSR count). The molecule has 2 heterocycles. The Kier molecular flexibility index (Phi) is 2.69. The summed E-state index contributed by atoms with van der Waals surface area (Å²) in [5, 5.41) is 2.70. The van der Waals surface area contributed by atoms with Crippen LogP contribution in [-0.2, 0) is 16.1 Å². The molecule has 1 unspecified atom stereocenters. The normalized spacial score (nSPS) is 23.7. The van der Waals surface area contributed by atoms with Crippen LogP contribution in [0, 0.1) is 0 Å². The van der Waals surface area contributed by atoms with E-state index >= 15 is 0 Å². The molecule has 0 aliphatic carbocycles. The summed E-state index contributed by atoms with van der Waals surface area (Å²) in [6, 6.07) is 3.08. The molecular weight excluding hydrogens is 220 g/mol. The van der Waals surface area contributed by atoms with E-state index in [1.165, 1.54) is 4.90 Å². The number of amides is 2. The maximum Gasteiger partial charge on any atom is 0.248 e. The number of furan rings is 1. The van der Waals surface area contributed by atoms with Gasteiger partial charge in [-0.3, -0.25) is 9.59 Å². The van der Waals surface area contributed by atoms with Crippen molar-refractivity contribution in [1.29, 1.82) is 0 Å². The lowest BCUT2D eigenvalue weighted by Crippen LogP contribution is -2.66. The average molecular weight is 236 g/mol. The van der Waals surface area contributed by atoms with Gasteiger partial charge in [0.25, 0.3) is 0 Å². The molecule has 1 saturated heterocycles. The minimum atomic E-state index is -0.851. The Hall–Kier alpha value is -1.78. The number of carbonyl (C=O) groups is 2. The zero-order valence-electron chi connectivity index (χ0n) is 10.2. The van der Waals surface area contributed by atoms with Crippen molar-refractivity contribution in [2.45, 2.75) is 38.9 Å². The molecule has 1 aliphatic heterocycles. The second-order valence-electron chi connectivity index (χ2n) is 4.80. The van der Waals surface area contributed by atoms with Crippen molar-refractivity contribution in [3.8, 4) is 0 Å². The quantitative estimate of drug-likeness (QED) is 0.830. The van der Waals surface area contributed by atoms with Crippen molar-refractivity contribution in [3.05, 3.63) is 24.2 Å². The fourth-order valence-electron chi connectivity index (χ4n) is 1.92.